The number of nitrogens with zero attached hydrogens (tertiary/aromatic N) is 3. The molecule has 2 heterocycles. The van der Waals surface area contributed by atoms with Crippen LogP contribution in [0.2, 0.25) is 5.15 Å². The number of anilines is 3. The van der Waals surface area contributed by atoms with Crippen molar-refractivity contribution in [2.45, 2.75) is 19.9 Å². The lowest BCUT2D eigenvalue weighted by Gasteiger charge is -2.12. The average molecular weight is 355 g/mol. The smallest absolute Gasteiger partial charge is 0.222 e. The highest BCUT2D eigenvalue weighted by Gasteiger charge is 2.12. The van der Waals surface area contributed by atoms with Gasteiger partial charge in [-0.2, -0.15) is 4.98 Å². The number of nitrogens with two attached hydrogens (primary N) is 2. The zero-order chi connectivity index (χ0) is 17.8. The Bertz CT molecular complexity index is 879. The first-order valence-electron chi connectivity index (χ1n) is 7.93. The molecule has 128 valence electrons. The molecule has 3 aromatic rings. The Kier molecular flexibility index (Phi) is 5.00. The number of pyridine rings is 1. The normalized spacial score (nSPS) is 10.6. The van der Waals surface area contributed by atoms with E-state index in [1.54, 1.807) is 6.20 Å². The summed E-state index contributed by atoms with van der Waals surface area (Å²) in [4.78, 5) is 12.3. The predicted molar refractivity (Wildman–Crippen MR) is 102 cm³/mol. The first kappa shape index (κ1) is 17.0. The van der Waals surface area contributed by atoms with Gasteiger partial charge in [0.1, 0.15) is 11.0 Å². The van der Waals surface area contributed by atoms with E-state index in [0.29, 0.717) is 17.5 Å². The van der Waals surface area contributed by atoms with Gasteiger partial charge >= 0.3 is 0 Å². The van der Waals surface area contributed by atoms with E-state index >= 15 is 0 Å². The fraction of sp³-hybridized carbons (Fsp3) is 0.167. The summed E-state index contributed by atoms with van der Waals surface area (Å²) in [5.74, 6) is 0.601. The minimum atomic E-state index is 0.201. The Morgan fingerprint density at radius 3 is 2.52 bits per heavy atom. The minimum Gasteiger partial charge on any atom is -0.383 e. The van der Waals surface area contributed by atoms with Gasteiger partial charge in [0.15, 0.2) is 0 Å². The largest absolute Gasteiger partial charge is 0.383 e. The number of aryl methyl sites for hydroxylation is 1. The van der Waals surface area contributed by atoms with E-state index in [0.717, 1.165) is 34.5 Å². The van der Waals surface area contributed by atoms with Gasteiger partial charge in [-0.1, -0.05) is 30.7 Å². The predicted octanol–water partition coefficient (Wildman–Crippen LogP) is 3.53. The number of halogens is 1. The van der Waals surface area contributed by atoms with Gasteiger partial charge in [-0.05, 0) is 41.8 Å². The maximum Gasteiger partial charge on any atom is 0.222 e. The van der Waals surface area contributed by atoms with Gasteiger partial charge in [-0.3, -0.25) is 0 Å². The van der Waals surface area contributed by atoms with Crippen LogP contribution in [0.5, 0.6) is 0 Å². The molecule has 6 nitrogen and oxygen atoms in total. The SMILES string of the molecule is CCc1nc(N)nc(N)c1-c1ccc(NCc2ccnc(Cl)c2)cc1. The highest BCUT2D eigenvalue weighted by molar-refractivity contribution is 6.29. The first-order chi connectivity index (χ1) is 12.1. The van der Waals surface area contributed by atoms with Gasteiger partial charge in [0, 0.05) is 24.0 Å². The molecule has 0 aliphatic rings. The second kappa shape index (κ2) is 7.36. The number of hydrogen-bond acceptors (Lipinski definition) is 6. The zero-order valence-electron chi connectivity index (χ0n) is 13.8. The van der Waals surface area contributed by atoms with Crippen LogP contribution in [0, 0.1) is 0 Å². The standard InChI is InChI=1S/C18H19ClN6/c1-2-14-16(17(20)25-18(21)24-14)12-3-5-13(6-4-12)23-10-11-7-8-22-15(19)9-11/h3-9,23H,2,10H2,1H3,(H4,20,21,24,25). The molecule has 0 amide bonds. The molecule has 0 bridgehead atoms. The van der Waals surface area contributed by atoms with E-state index < -0.39 is 0 Å². The molecule has 0 saturated heterocycles. The number of benzene rings is 1. The Hall–Kier alpha value is -2.86. The molecule has 0 atom stereocenters. The van der Waals surface area contributed by atoms with E-state index in [-0.39, 0.29) is 5.95 Å². The Labute approximate surface area is 151 Å². The van der Waals surface area contributed by atoms with Gasteiger partial charge < -0.3 is 16.8 Å². The maximum atomic E-state index is 6.05. The summed E-state index contributed by atoms with van der Waals surface area (Å²) in [7, 11) is 0. The molecule has 1 aromatic carbocycles. The fourth-order valence-corrected chi connectivity index (χ4v) is 2.82. The summed E-state index contributed by atoms with van der Waals surface area (Å²) < 4.78 is 0. The second-order valence-corrected chi connectivity index (χ2v) is 5.95. The number of hydrogen-bond donors (Lipinski definition) is 3. The van der Waals surface area contributed by atoms with Gasteiger partial charge in [-0.15, -0.1) is 0 Å². The summed E-state index contributed by atoms with van der Waals surface area (Å²) in [5, 5.41) is 3.84. The number of aromatic nitrogens is 3. The van der Waals surface area contributed by atoms with E-state index in [2.05, 4.69) is 20.3 Å². The molecular weight excluding hydrogens is 336 g/mol. The maximum absolute atomic E-state index is 6.05. The molecule has 0 fully saturated rings. The van der Waals surface area contributed by atoms with Crippen molar-refractivity contribution in [3.63, 3.8) is 0 Å². The summed E-state index contributed by atoms with van der Waals surface area (Å²) in [6.45, 7) is 2.68. The topological polar surface area (TPSA) is 103 Å². The molecule has 3 rings (SSSR count). The van der Waals surface area contributed by atoms with Crippen molar-refractivity contribution in [1.29, 1.82) is 0 Å². The third-order valence-electron chi connectivity index (χ3n) is 3.83. The van der Waals surface area contributed by atoms with Gasteiger partial charge in [0.25, 0.3) is 0 Å². The van der Waals surface area contributed by atoms with Crippen molar-refractivity contribution >= 4 is 29.1 Å². The van der Waals surface area contributed by atoms with Crippen LogP contribution in [0.1, 0.15) is 18.2 Å². The van der Waals surface area contributed by atoms with Crippen molar-refractivity contribution in [2.24, 2.45) is 0 Å². The summed E-state index contributed by atoms with van der Waals surface area (Å²) in [6.07, 6.45) is 2.42. The summed E-state index contributed by atoms with van der Waals surface area (Å²) in [5.41, 5.74) is 16.4. The van der Waals surface area contributed by atoms with E-state index in [1.165, 1.54) is 0 Å². The van der Waals surface area contributed by atoms with Gasteiger partial charge in [0.05, 0.1) is 5.69 Å². The van der Waals surface area contributed by atoms with Crippen molar-refractivity contribution < 1.29 is 0 Å². The zero-order valence-corrected chi connectivity index (χ0v) is 14.6. The van der Waals surface area contributed by atoms with E-state index in [9.17, 15) is 0 Å². The van der Waals surface area contributed by atoms with Crippen LogP contribution in [0.3, 0.4) is 0 Å². The summed E-state index contributed by atoms with van der Waals surface area (Å²) >= 11 is 5.90. The van der Waals surface area contributed by atoms with Crippen LogP contribution in [0.25, 0.3) is 11.1 Å². The first-order valence-corrected chi connectivity index (χ1v) is 8.31. The number of rotatable bonds is 5. The molecular formula is C18H19ClN6. The van der Waals surface area contributed by atoms with Crippen LogP contribution in [-0.2, 0) is 13.0 Å². The molecule has 7 heteroatoms. The quantitative estimate of drug-likeness (QED) is 0.605. The lowest BCUT2D eigenvalue weighted by Crippen LogP contribution is -2.06. The van der Waals surface area contributed by atoms with Crippen LogP contribution < -0.4 is 16.8 Å². The second-order valence-electron chi connectivity index (χ2n) is 5.56. The van der Waals surface area contributed by atoms with Crippen LogP contribution in [-0.4, -0.2) is 15.0 Å². The average Bonchev–Trinajstić information content (AvgIpc) is 2.60. The molecule has 0 aliphatic carbocycles. The number of nitrogen functional groups attached to an aromatic ring is 2. The molecule has 0 radical (unpaired) electrons. The van der Waals surface area contributed by atoms with Crippen molar-refractivity contribution in [3.8, 4) is 11.1 Å². The molecule has 2 aromatic heterocycles. The van der Waals surface area contributed by atoms with Gasteiger partial charge in [0.2, 0.25) is 5.95 Å². The van der Waals surface area contributed by atoms with E-state index in [1.807, 2.05) is 43.3 Å². The molecule has 0 unspecified atom stereocenters. The van der Waals surface area contributed by atoms with Crippen molar-refractivity contribution in [2.75, 3.05) is 16.8 Å². The van der Waals surface area contributed by atoms with Crippen molar-refractivity contribution in [3.05, 3.63) is 59.0 Å². The highest BCUT2D eigenvalue weighted by atomic mass is 35.5. The molecule has 5 N–H and O–H groups in total. The fourth-order valence-electron chi connectivity index (χ4n) is 2.63. The summed E-state index contributed by atoms with van der Waals surface area (Å²) in [6, 6.07) is 11.7. The van der Waals surface area contributed by atoms with Crippen molar-refractivity contribution in [1.82, 2.24) is 15.0 Å². The van der Waals surface area contributed by atoms with Crippen LogP contribution in [0.4, 0.5) is 17.5 Å². The van der Waals surface area contributed by atoms with Crippen LogP contribution >= 0.6 is 11.6 Å². The molecule has 0 saturated carbocycles. The minimum absolute atomic E-state index is 0.201. The van der Waals surface area contributed by atoms with Gasteiger partial charge in [-0.25, -0.2) is 9.97 Å². The Balaban J connectivity index is 1.79. The Morgan fingerprint density at radius 2 is 1.84 bits per heavy atom. The Morgan fingerprint density at radius 1 is 1.08 bits per heavy atom. The number of nitrogens with one attached hydrogen (secondary N) is 1. The molecule has 0 spiro atoms. The lowest BCUT2D eigenvalue weighted by atomic mass is 10.0. The third kappa shape index (κ3) is 3.97. The molecule has 25 heavy (non-hydrogen) atoms. The monoisotopic (exact) mass is 354 g/mol. The van der Waals surface area contributed by atoms with E-state index in [4.69, 9.17) is 23.1 Å². The lowest BCUT2D eigenvalue weighted by molar-refractivity contribution is 1.02. The molecule has 0 aliphatic heterocycles. The highest BCUT2D eigenvalue weighted by Crippen LogP contribution is 2.29. The van der Waals surface area contributed by atoms with Crippen LogP contribution in [0.15, 0.2) is 42.6 Å². The third-order valence-corrected chi connectivity index (χ3v) is 4.03.